The number of amides is 3. The number of rotatable bonds is 6. The van der Waals surface area contributed by atoms with E-state index in [-0.39, 0.29) is 17.9 Å². The topological polar surface area (TPSA) is 136 Å². The zero-order valence-corrected chi connectivity index (χ0v) is 14.4. The van der Waals surface area contributed by atoms with Crippen LogP contribution in [0.15, 0.2) is 42.6 Å². The van der Waals surface area contributed by atoms with Crippen molar-refractivity contribution in [1.29, 1.82) is 0 Å². The van der Waals surface area contributed by atoms with Gasteiger partial charge < -0.3 is 15.8 Å². The van der Waals surface area contributed by atoms with Gasteiger partial charge in [0.25, 0.3) is 5.91 Å². The average Bonchev–Trinajstić information content (AvgIpc) is 2.62. The Morgan fingerprint density at radius 3 is 2.58 bits per heavy atom. The zero-order valence-electron chi connectivity index (χ0n) is 14.4. The van der Waals surface area contributed by atoms with Gasteiger partial charge in [-0.25, -0.2) is 9.78 Å². The number of nitrogens with one attached hydrogen (secondary N) is 2. The van der Waals surface area contributed by atoms with E-state index in [0.29, 0.717) is 5.69 Å². The summed E-state index contributed by atoms with van der Waals surface area (Å²) in [6.07, 6.45) is 1.44. The van der Waals surface area contributed by atoms with Gasteiger partial charge in [-0.05, 0) is 31.2 Å². The lowest BCUT2D eigenvalue weighted by atomic mass is 9.93. The number of aromatic nitrogens is 2. The predicted molar refractivity (Wildman–Crippen MR) is 93.1 cm³/mol. The molecule has 0 bridgehead atoms. The number of pyridine rings is 2. The number of methoxy groups -OCH3 is 1. The fourth-order valence-corrected chi connectivity index (χ4v) is 2.29. The first-order chi connectivity index (χ1) is 12.3. The average molecular weight is 357 g/mol. The Labute approximate surface area is 150 Å². The highest BCUT2D eigenvalue weighted by Gasteiger charge is 2.33. The van der Waals surface area contributed by atoms with Crippen molar-refractivity contribution >= 4 is 23.7 Å². The van der Waals surface area contributed by atoms with Crippen molar-refractivity contribution in [3.05, 3.63) is 54.0 Å². The first-order valence-electron chi connectivity index (χ1n) is 7.68. The van der Waals surface area contributed by atoms with Crippen molar-refractivity contribution in [3.8, 4) is 0 Å². The van der Waals surface area contributed by atoms with E-state index in [4.69, 9.17) is 10.5 Å². The van der Waals surface area contributed by atoms with Crippen molar-refractivity contribution in [2.75, 3.05) is 12.4 Å². The Hall–Kier alpha value is -3.49. The van der Waals surface area contributed by atoms with Crippen LogP contribution in [-0.4, -0.2) is 35.0 Å². The molecule has 0 saturated carbocycles. The Morgan fingerprint density at radius 1 is 1.19 bits per heavy atom. The molecule has 0 fully saturated rings. The second-order valence-corrected chi connectivity index (χ2v) is 5.65. The van der Waals surface area contributed by atoms with E-state index in [2.05, 4.69) is 20.6 Å². The number of carbonyl (C=O) groups is 3. The molecule has 0 saturated heterocycles. The van der Waals surface area contributed by atoms with Gasteiger partial charge in [-0.2, -0.15) is 0 Å². The third-order valence-electron chi connectivity index (χ3n) is 3.59. The fraction of sp³-hybridized carbons (Fsp3) is 0.235. The number of nitrogens with zero attached hydrogens (tertiary/aromatic N) is 2. The Morgan fingerprint density at radius 2 is 1.96 bits per heavy atom. The minimum absolute atomic E-state index is 0.0184. The molecule has 26 heavy (non-hydrogen) atoms. The molecular weight excluding hydrogens is 338 g/mol. The third-order valence-corrected chi connectivity index (χ3v) is 3.59. The van der Waals surface area contributed by atoms with Crippen LogP contribution >= 0.6 is 0 Å². The zero-order chi connectivity index (χ0) is 19.2. The molecule has 9 nitrogen and oxygen atoms in total. The highest BCUT2D eigenvalue weighted by atomic mass is 16.5. The fourth-order valence-electron chi connectivity index (χ4n) is 2.29. The van der Waals surface area contributed by atoms with Crippen LogP contribution in [0.5, 0.6) is 0 Å². The van der Waals surface area contributed by atoms with E-state index in [0.717, 1.165) is 0 Å². The second-order valence-electron chi connectivity index (χ2n) is 5.65. The summed E-state index contributed by atoms with van der Waals surface area (Å²) in [7, 11) is 1.26. The van der Waals surface area contributed by atoms with Crippen LogP contribution in [0.1, 0.15) is 29.5 Å². The molecule has 9 heteroatoms. The van der Waals surface area contributed by atoms with Gasteiger partial charge in [0.1, 0.15) is 11.5 Å². The molecule has 0 aliphatic carbocycles. The highest BCUT2D eigenvalue weighted by molar-refractivity contribution is 5.93. The Kier molecular flexibility index (Phi) is 5.84. The first kappa shape index (κ1) is 18.8. The molecular formula is C17H19N5O4. The molecule has 0 aromatic carbocycles. The summed E-state index contributed by atoms with van der Waals surface area (Å²) in [5, 5.41) is 5.21. The molecule has 1 unspecified atom stereocenters. The summed E-state index contributed by atoms with van der Waals surface area (Å²) < 4.78 is 4.71. The molecule has 0 aliphatic heterocycles. The lowest BCUT2D eigenvalue weighted by Crippen LogP contribution is -2.47. The van der Waals surface area contributed by atoms with Gasteiger partial charge in [-0.1, -0.05) is 12.1 Å². The van der Waals surface area contributed by atoms with Crippen LogP contribution in [0, 0.1) is 0 Å². The number of urea groups is 1. The largest absolute Gasteiger partial charge is 0.469 e. The molecule has 136 valence electrons. The monoisotopic (exact) mass is 357 g/mol. The van der Waals surface area contributed by atoms with E-state index in [1.807, 2.05) is 0 Å². The summed E-state index contributed by atoms with van der Waals surface area (Å²) in [6, 6.07) is 9.00. The van der Waals surface area contributed by atoms with E-state index in [1.165, 1.54) is 25.3 Å². The quantitative estimate of drug-likeness (QED) is 0.664. The molecule has 4 N–H and O–H groups in total. The number of esters is 1. The van der Waals surface area contributed by atoms with E-state index >= 15 is 0 Å². The van der Waals surface area contributed by atoms with Gasteiger partial charge in [0.05, 0.1) is 24.8 Å². The van der Waals surface area contributed by atoms with E-state index in [1.54, 1.807) is 31.3 Å². The summed E-state index contributed by atoms with van der Waals surface area (Å²) in [4.78, 5) is 43.5. The minimum atomic E-state index is -1.11. The van der Waals surface area contributed by atoms with Crippen LogP contribution < -0.4 is 16.4 Å². The lowest BCUT2D eigenvalue weighted by Gasteiger charge is -2.29. The lowest BCUT2D eigenvalue weighted by molar-refractivity contribution is -0.142. The van der Waals surface area contributed by atoms with Crippen molar-refractivity contribution in [2.24, 2.45) is 5.73 Å². The number of carbonyl (C=O) groups excluding carboxylic acids is 3. The SMILES string of the molecule is COC(=O)CC(C)(NC(=O)Nc1cccc(C(N)=O)n1)c1ccccn1. The van der Waals surface area contributed by atoms with Gasteiger partial charge in [-0.3, -0.25) is 19.9 Å². The van der Waals surface area contributed by atoms with Gasteiger partial charge in [0.15, 0.2) is 0 Å². The molecule has 2 heterocycles. The molecule has 0 aliphatic rings. The van der Waals surface area contributed by atoms with Gasteiger partial charge in [-0.15, -0.1) is 0 Å². The summed E-state index contributed by atoms with van der Waals surface area (Å²) in [5.41, 5.74) is 4.56. The van der Waals surface area contributed by atoms with Gasteiger partial charge in [0, 0.05) is 6.20 Å². The van der Waals surface area contributed by atoms with Crippen LogP contribution in [-0.2, 0) is 15.1 Å². The number of ether oxygens (including phenoxy) is 1. The van der Waals surface area contributed by atoms with Gasteiger partial charge >= 0.3 is 12.0 Å². The molecule has 0 radical (unpaired) electrons. The summed E-state index contributed by atoms with van der Waals surface area (Å²) in [6.45, 7) is 1.65. The number of hydrogen-bond donors (Lipinski definition) is 3. The smallest absolute Gasteiger partial charge is 0.321 e. The van der Waals surface area contributed by atoms with Crippen molar-refractivity contribution in [2.45, 2.75) is 18.9 Å². The van der Waals surface area contributed by atoms with Crippen LogP contribution in [0.2, 0.25) is 0 Å². The molecule has 2 aromatic rings. The molecule has 1 atom stereocenters. The summed E-state index contributed by atoms with van der Waals surface area (Å²) in [5.74, 6) is -1.08. The Balaban J connectivity index is 2.20. The van der Waals surface area contributed by atoms with Crippen LogP contribution in [0.4, 0.5) is 10.6 Å². The van der Waals surface area contributed by atoms with Crippen LogP contribution in [0.25, 0.3) is 0 Å². The molecule has 2 aromatic heterocycles. The van der Waals surface area contributed by atoms with Crippen molar-refractivity contribution in [1.82, 2.24) is 15.3 Å². The maximum absolute atomic E-state index is 12.4. The highest BCUT2D eigenvalue weighted by Crippen LogP contribution is 2.23. The second kappa shape index (κ2) is 8.06. The van der Waals surface area contributed by atoms with Gasteiger partial charge in [0.2, 0.25) is 0 Å². The number of primary amides is 1. The van der Waals surface area contributed by atoms with E-state index in [9.17, 15) is 14.4 Å². The maximum Gasteiger partial charge on any atom is 0.321 e. The third kappa shape index (κ3) is 4.76. The van der Waals surface area contributed by atoms with E-state index < -0.39 is 23.4 Å². The number of anilines is 1. The number of hydrogen-bond acceptors (Lipinski definition) is 6. The Bertz CT molecular complexity index is 812. The van der Waals surface area contributed by atoms with Crippen molar-refractivity contribution in [3.63, 3.8) is 0 Å². The molecule has 2 rings (SSSR count). The predicted octanol–water partition coefficient (Wildman–Crippen LogP) is 1.18. The van der Waals surface area contributed by atoms with Crippen molar-refractivity contribution < 1.29 is 19.1 Å². The maximum atomic E-state index is 12.4. The minimum Gasteiger partial charge on any atom is -0.469 e. The van der Waals surface area contributed by atoms with Crippen LogP contribution in [0.3, 0.4) is 0 Å². The standard InChI is InChI=1S/C17H19N5O4/c1-17(10-14(23)26-2,12-7-3-4-9-19-12)22-16(25)21-13-8-5-6-11(20-13)15(18)24/h3-9H,10H2,1-2H3,(H2,18,24)(H2,20,21,22,25). The summed E-state index contributed by atoms with van der Waals surface area (Å²) >= 11 is 0. The number of nitrogens with two attached hydrogens (primary N) is 1. The normalized spacial score (nSPS) is 12.5. The molecule has 0 spiro atoms. The molecule has 3 amide bonds. The first-order valence-corrected chi connectivity index (χ1v) is 7.68.